The van der Waals surface area contributed by atoms with E-state index in [0.717, 1.165) is 5.56 Å². The highest BCUT2D eigenvalue weighted by Gasteiger charge is 2.12. The molecule has 0 radical (unpaired) electrons. The van der Waals surface area contributed by atoms with E-state index in [9.17, 15) is 0 Å². The molecule has 0 aliphatic rings. The summed E-state index contributed by atoms with van der Waals surface area (Å²) in [7, 11) is 0. The van der Waals surface area contributed by atoms with E-state index in [-0.39, 0.29) is 5.54 Å². The molecule has 0 aliphatic heterocycles. The van der Waals surface area contributed by atoms with Crippen molar-refractivity contribution in [1.29, 1.82) is 0 Å². The van der Waals surface area contributed by atoms with Gasteiger partial charge in [-0.15, -0.1) is 0 Å². The summed E-state index contributed by atoms with van der Waals surface area (Å²) in [5.41, 5.74) is 9.33. The lowest BCUT2D eigenvalue weighted by atomic mass is 9.95. The summed E-state index contributed by atoms with van der Waals surface area (Å²) in [6, 6.07) is 18.7. The van der Waals surface area contributed by atoms with Crippen LogP contribution in [0, 0.1) is 0 Å². The molecule has 0 spiro atoms. The Labute approximate surface area is 109 Å². The molecule has 2 rings (SSSR count). The van der Waals surface area contributed by atoms with Crippen LogP contribution in [0.15, 0.2) is 54.6 Å². The monoisotopic (exact) mass is 237 g/mol. The van der Waals surface area contributed by atoms with Crippen molar-refractivity contribution in [3.8, 4) is 0 Å². The standard InChI is InChI=1S/C17H19N/c1-17(2,18)16-12-10-15(11-13-16)9-8-14-6-4-3-5-7-14/h3-13H,18H2,1-2H3. The molecule has 2 N–H and O–H groups in total. The van der Waals surface area contributed by atoms with Crippen molar-refractivity contribution < 1.29 is 0 Å². The molecule has 1 heteroatoms. The third kappa shape index (κ3) is 3.31. The highest BCUT2D eigenvalue weighted by atomic mass is 14.7. The zero-order chi connectivity index (χ0) is 13.0. The van der Waals surface area contributed by atoms with Crippen LogP contribution in [-0.4, -0.2) is 0 Å². The van der Waals surface area contributed by atoms with Gasteiger partial charge < -0.3 is 5.73 Å². The van der Waals surface area contributed by atoms with Gasteiger partial charge in [-0.3, -0.25) is 0 Å². The average Bonchev–Trinajstić information content (AvgIpc) is 2.37. The number of hydrogen-bond acceptors (Lipinski definition) is 1. The van der Waals surface area contributed by atoms with Gasteiger partial charge in [-0.05, 0) is 30.5 Å². The number of rotatable bonds is 3. The van der Waals surface area contributed by atoms with E-state index in [0.29, 0.717) is 0 Å². The van der Waals surface area contributed by atoms with Crippen molar-refractivity contribution in [2.24, 2.45) is 5.73 Å². The van der Waals surface area contributed by atoms with Gasteiger partial charge >= 0.3 is 0 Å². The number of benzene rings is 2. The fraction of sp³-hybridized carbons (Fsp3) is 0.176. The molecule has 2 aromatic rings. The third-order valence-corrected chi connectivity index (χ3v) is 2.92. The minimum absolute atomic E-state index is 0.276. The average molecular weight is 237 g/mol. The van der Waals surface area contributed by atoms with Crippen molar-refractivity contribution in [1.82, 2.24) is 0 Å². The summed E-state index contributed by atoms with van der Waals surface area (Å²) >= 11 is 0. The fourth-order valence-corrected chi connectivity index (χ4v) is 1.78. The second kappa shape index (κ2) is 5.19. The first-order chi connectivity index (χ1) is 8.55. The minimum atomic E-state index is -0.276. The Bertz CT molecular complexity index is 516. The van der Waals surface area contributed by atoms with Crippen molar-refractivity contribution in [3.05, 3.63) is 71.3 Å². The summed E-state index contributed by atoms with van der Waals surface area (Å²) < 4.78 is 0. The lowest BCUT2D eigenvalue weighted by Gasteiger charge is -2.18. The number of nitrogens with two attached hydrogens (primary N) is 1. The van der Waals surface area contributed by atoms with Gasteiger partial charge in [-0.1, -0.05) is 66.7 Å². The first kappa shape index (κ1) is 12.6. The highest BCUT2D eigenvalue weighted by Crippen LogP contribution is 2.18. The van der Waals surface area contributed by atoms with E-state index >= 15 is 0 Å². The van der Waals surface area contributed by atoms with Crippen LogP contribution in [0.25, 0.3) is 12.2 Å². The molecule has 0 heterocycles. The van der Waals surface area contributed by atoms with E-state index in [1.165, 1.54) is 11.1 Å². The molecule has 0 bridgehead atoms. The zero-order valence-corrected chi connectivity index (χ0v) is 10.9. The van der Waals surface area contributed by atoms with Crippen molar-refractivity contribution in [3.63, 3.8) is 0 Å². The fourth-order valence-electron chi connectivity index (χ4n) is 1.78. The van der Waals surface area contributed by atoms with Gasteiger partial charge in [0.05, 0.1) is 0 Å². The molecule has 0 aliphatic carbocycles. The molecule has 92 valence electrons. The number of hydrogen-bond donors (Lipinski definition) is 1. The molecule has 0 fully saturated rings. The molecule has 0 atom stereocenters. The largest absolute Gasteiger partial charge is 0.322 e. The maximum absolute atomic E-state index is 6.05. The Morgan fingerprint density at radius 1 is 0.778 bits per heavy atom. The second-order valence-electron chi connectivity index (χ2n) is 5.09. The normalized spacial score (nSPS) is 11.9. The molecule has 1 nitrogen and oxygen atoms in total. The second-order valence-corrected chi connectivity index (χ2v) is 5.09. The predicted octanol–water partition coefficient (Wildman–Crippen LogP) is 4.05. The van der Waals surface area contributed by atoms with E-state index in [1.54, 1.807) is 0 Å². The molecule has 0 aromatic heterocycles. The molecule has 0 amide bonds. The van der Waals surface area contributed by atoms with Crippen LogP contribution in [0.4, 0.5) is 0 Å². The first-order valence-electron chi connectivity index (χ1n) is 6.18. The summed E-state index contributed by atoms with van der Waals surface area (Å²) in [5.74, 6) is 0. The lowest BCUT2D eigenvalue weighted by molar-refractivity contribution is 0.554. The molecular weight excluding hydrogens is 218 g/mol. The van der Waals surface area contributed by atoms with Crippen LogP contribution in [-0.2, 0) is 5.54 Å². The molecule has 0 saturated heterocycles. The maximum Gasteiger partial charge on any atom is 0.0352 e. The summed E-state index contributed by atoms with van der Waals surface area (Å²) in [4.78, 5) is 0. The Morgan fingerprint density at radius 2 is 1.28 bits per heavy atom. The maximum atomic E-state index is 6.05. The topological polar surface area (TPSA) is 26.0 Å². The Kier molecular flexibility index (Phi) is 3.63. The van der Waals surface area contributed by atoms with Gasteiger partial charge in [0.25, 0.3) is 0 Å². The van der Waals surface area contributed by atoms with Gasteiger partial charge in [-0.2, -0.15) is 0 Å². The van der Waals surface area contributed by atoms with E-state index in [4.69, 9.17) is 5.73 Å². The van der Waals surface area contributed by atoms with Gasteiger partial charge in [0.1, 0.15) is 0 Å². The summed E-state index contributed by atoms with van der Waals surface area (Å²) in [6.45, 7) is 4.03. The molecule has 2 aromatic carbocycles. The summed E-state index contributed by atoms with van der Waals surface area (Å²) in [5, 5.41) is 0. The van der Waals surface area contributed by atoms with E-state index < -0.39 is 0 Å². The van der Waals surface area contributed by atoms with E-state index in [2.05, 4.69) is 48.6 Å². The van der Waals surface area contributed by atoms with Crippen molar-refractivity contribution in [2.75, 3.05) is 0 Å². The van der Waals surface area contributed by atoms with Crippen LogP contribution >= 0.6 is 0 Å². The Morgan fingerprint density at radius 3 is 1.78 bits per heavy atom. The van der Waals surface area contributed by atoms with Gasteiger partial charge in [0, 0.05) is 5.54 Å². The van der Waals surface area contributed by atoms with Crippen LogP contribution < -0.4 is 5.73 Å². The Hall–Kier alpha value is -1.86. The Balaban J connectivity index is 2.14. The lowest BCUT2D eigenvalue weighted by Crippen LogP contribution is -2.28. The SMILES string of the molecule is CC(C)(N)c1ccc(C=Cc2ccccc2)cc1. The molecular formula is C17H19N. The van der Waals surface area contributed by atoms with Crippen LogP contribution in [0.3, 0.4) is 0 Å². The van der Waals surface area contributed by atoms with Crippen LogP contribution in [0.1, 0.15) is 30.5 Å². The van der Waals surface area contributed by atoms with Gasteiger partial charge in [-0.25, -0.2) is 0 Å². The molecule has 0 unspecified atom stereocenters. The quantitative estimate of drug-likeness (QED) is 0.801. The predicted molar refractivity (Wildman–Crippen MR) is 79.0 cm³/mol. The molecule has 18 heavy (non-hydrogen) atoms. The van der Waals surface area contributed by atoms with Crippen molar-refractivity contribution >= 4 is 12.2 Å². The van der Waals surface area contributed by atoms with Gasteiger partial charge in [0.2, 0.25) is 0 Å². The smallest absolute Gasteiger partial charge is 0.0352 e. The zero-order valence-electron chi connectivity index (χ0n) is 10.9. The van der Waals surface area contributed by atoms with Crippen molar-refractivity contribution in [2.45, 2.75) is 19.4 Å². The highest BCUT2D eigenvalue weighted by molar-refractivity contribution is 5.69. The van der Waals surface area contributed by atoms with Crippen LogP contribution in [0.2, 0.25) is 0 Å². The van der Waals surface area contributed by atoms with Crippen LogP contribution in [0.5, 0.6) is 0 Å². The third-order valence-electron chi connectivity index (χ3n) is 2.92. The molecule has 0 saturated carbocycles. The summed E-state index contributed by atoms with van der Waals surface area (Å²) in [6.07, 6.45) is 4.23. The van der Waals surface area contributed by atoms with E-state index in [1.807, 2.05) is 32.0 Å². The first-order valence-corrected chi connectivity index (χ1v) is 6.18. The minimum Gasteiger partial charge on any atom is -0.322 e. The van der Waals surface area contributed by atoms with Gasteiger partial charge in [0.15, 0.2) is 0 Å².